The summed E-state index contributed by atoms with van der Waals surface area (Å²) in [5, 5.41) is 0. The van der Waals surface area contributed by atoms with Crippen LogP contribution in [0.15, 0.2) is 47.6 Å². The van der Waals surface area contributed by atoms with E-state index in [0.717, 1.165) is 11.1 Å². The van der Waals surface area contributed by atoms with E-state index in [2.05, 4.69) is 9.71 Å². The van der Waals surface area contributed by atoms with Gasteiger partial charge in [0, 0.05) is 18.9 Å². The summed E-state index contributed by atoms with van der Waals surface area (Å²) in [5.41, 5.74) is 7.84. The number of anilines is 1. The minimum Gasteiger partial charge on any atom is -0.398 e. The molecule has 0 amide bonds. The minimum absolute atomic E-state index is 0.00196. The average Bonchev–Trinajstić information content (AvgIpc) is 2.38. The van der Waals surface area contributed by atoms with Gasteiger partial charge in [-0.15, -0.1) is 0 Å². The summed E-state index contributed by atoms with van der Waals surface area (Å²) in [5.74, 6) is 0. The van der Waals surface area contributed by atoms with E-state index in [1.807, 2.05) is 31.2 Å². The summed E-state index contributed by atoms with van der Waals surface area (Å²) < 4.78 is 26.6. The maximum absolute atomic E-state index is 12.1. The maximum atomic E-state index is 12.1. The molecule has 0 unspecified atom stereocenters. The van der Waals surface area contributed by atoms with Crippen molar-refractivity contribution < 1.29 is 8.42 Å². The van der Waals surface area contributed by atoms with E-state index >= 15 is 0 Å². The van der Waals surface area contributed by atoms with Gasteiger partial charge in [-0.3, -0.25) is 4.98 Å². The molecule has 5 nitrogen and oxygen atoms in total. The Morgan fingerprint density at radius 3 is 2.53 bits per heavy atom. The largest absolute Gasteiger partial charge is 0.398 e. The molecule has 0 bridgehead atoms. The van der Waals surface area contributed by atoms with E-state index in [0.29, 0.717) is 0 Å². The van der Waals surface area contributed by atoms with Crippen molar-refractivity contribution in [1.82, 2.24) is 9.71 Å². The Morgan fingerprint density at radius 2 is 1.89 bits per heavy atom. The first-order valence-corrected chi connectivity index (χ1v) is 7.22. The van der Waals surface area contributed by atoms with Crippen LogP contribution in [-0.2, 0) is 16.6 Å². The van der Waals surface area contributed by atoms with Crippen LogP contribution in [0, 0.1) is 6.92 Å². The molecule has 0 fully saturated rings. The lowest BCUT2D eigenvalue weighted by molar-refractivity contribution is 0.581. The highest BCUT2D eigenvalue weighted by Crippen LogP contribution is 2.15. The Bertz CT molecular complexity index is 667. The van der Waals surface area contributed by atoms with Crippen molar-refractivity contribution in [3.05, 3.63) is 53.9 Å². The normalized spacial score (nSPS) is 11.4. The van der Waals surface area contributed by atoms with E-state index in [9.17, 15) is 8.42 Å². The number of rotatable bonds is 4. The van der Waals surface area contributed by atoms with Crippen LogP contribution in [0.4, 0.5) is 5.69 Å². The molecular formula is C13H15N3O2S. The first-order valence-electron chi connectivity index (χ1n) is 5.74. The molecule has 19 heavy (non-hydrogen) atoms. The molecular weight excluding hydrogens is 262 g/mol. The third-order valence-electron chi connectivity index (χ3n) is 2.69. The van der Waals surface area contributed by atoms with E-state index in [-0.39, 0.29) is 17.1 Å². The molecule has 3 N–H and O–H groups in total. The number of aromatic nitrogens is 1. The molecule has 100 valence electrons. The van der Waals surface area contributed by atoms with Crippen LogP contribution in [0.25, 0.3) is 0 Å². The Morgan fingerprint density at radius 1 is 1.21 bits per heavy atom. The number of hydrogen-bond acceptors (Lipinski definition) is 4. The number of nitrogens with two attached hydrogens (primary N) is 1. The predicted octanol–water partition coefficient (Wildman–Crippen LogP) is 1.45. The van der Waals surface area contributed by atoms with Crippen molar-refractivity contribution in [3.63, 3.8) is 0 Å². The zero-order valence-electron chi connectivity index (χ0n) is 10.5. The zero-order valence-corrected chi connectivity index (χ0v) is 11.3. The fraction of sp³-hybridized carbons (Fsp3) is 0.154. The van der Waals surface area contributed by atoms with Crippen molar-refractivity contribution in [2.24, 2.45) is 0 Å². The molecule has 2 rings (SSSR count). The standard InChI is InChI=1S/C13H15N3O2S/c1-10-2-4-11(5-3-10)8-16-19(17,18)13-9-15-7-6-12(13)14/h2-7,9,16H,8H2,1H3,(H2,14,15). The average molecular weight is 277 g/mol. The van der Waals surface area contributed by atoms with E-state index in [1.54, 1.807) is 0 Å². The molecule has 1 aromatic carbocycles. The number of aryl methyl sites for hydroxylation is 1. The van der Waals surface area contributed by atoms with Crippen molar-refractivity contribution in [2.45, 2.75) is 18.4 Å². The molecule has 6 heteroatoms. The van der Waals surface area contributed by atoms with Crippen molar-refractivity contribution >= 4 is 15.7 Å². The lowest BCUT2D eigenvalue weighted by Gasteiger charge is -2.08. The molecule has 0 saturated carbocycles. The molecule has 0 aliphatic rings. The number of pyridine rings is 1. The second-order valence-electron chi connectivity index (χ2n) is 4.22. The third kappa shape index (κ3) is 3.30. The Balaban J connectivity index is 2.14. The van der Waals surface area contributed by atoms with Crippen LogP contribution < -0.4 is 10.5 Å². The van der Waals surface area contributed by atoms with Gasteiger partial charge in [-0.25, -0.2) is 13.1 Å². The summed E-state index contributed by atoms with van der Waals surface area (Å²) in [6, 6.07) is 9.08. The first-order chi connectivity index (χ1) is 8.99. The molecule has 0 aliphatic carbocycles. The maximum Gasteiger partial charge on any atom is 0.244 e. The monoisotopic (exact) mass is 277 g/mol. The summed E-state index contributed by atoms with van der Waals surface area (Å²) >= 11 is 0. The van der Waals surface area contributed by atoms with Gasteiger partial charge in [-0.05, 0) is 18.6 Å². The summed E-state index contributed by atoms with van der Waals surface area (Å²) in [7, 11) is -3.64. The van der Waals surface area contributed by atoms with Crippen molar-refractivity contribution in [2.75, 3.05) is 5.73 Å². The number of benzene rings is 1. The van der Waals surface area contributed by atoms with Gasteiger partial charge in [-0.1, -0.05) is 29.8 Å². The summed E-state index contributed by atoms with van der Waals surface area (Å²) in [6.45, 7) is 2.20. The van der Waals surface area contributed by atoms with Gasteiger partial charge in [0.1, 0.15) is 4.90 Å². The van der Waals surface area contributed by atoms with Crippen LogP contribution in [0.2, 0.25) is 0 Å². The molecule has 0 aliphatic heterocycles. The van der Waals surface area contributed by atoms with Gasteiger partial charge in [-0.2, -0.15) is 0 Å². The summed E-state index contributed by atoms with van der Waals surface area (Å²) in [4.78, 5) is 3.78. The molecule has 0 spiro atoms. The SMILES string of the molecule is Cc1ccc(CNS(=O)(=O)c2cnccc2N)cc1. The van der Waals surface area contributed by atoms with E-state index < -0.39 is 10.0 Å². The van der Waals surface area contributed by atoms with Crippen LogP contribution in [0.3, 0.4) is 0 Å². The third-order valence-corrected chi connectivity index (χ3v) is 4.14. The van der Waals surface area contributed by atoms with Gasteiger partial charge in [0.15, 0.2) is 0 Å². The van der Waals surface area contributed by atoms with Gasteiger partial charge < -0.3 is 5.73 Å². The second kappa shape index (κ2) is 5.38. The number of sulfonamides is 1. The minimum atomic E-state index is -3.64. The molecule has 2 aromatic rings. The fourth-order valence-electron chi connectivity index (χ4n) is 1.58. The molecule has 0 atom stereocenters. The Labute approximate surface area is 112 Å². The lowest BCUT2D eigenvalue weighted by Crippen LogP contribution is -2.24. The number of nitrogens with zero attached hydrogens (tertiary/aromatic N) is 1. The highest BCUT2D eigenvalue weighted by molar-refractivity contribution is 7.89. The quantitative estimate of drug-likeness (QED) is 0.885. The van der Waals surface area contributed by atoms with Crippen LogP contribution in [0.5, 0.6) is 0 Å². The molecule has 0 radical (unpaired) electrons. The predicted molar refractivity (Wildman–Crippen MR) is 73.9 cm³/mol. The van der Waals surface area contributed by atoms with Crippen LogP contribution in [-0.4, -0.2) is 13.4 Å². The van der Waals surface area contributed by atoms with Crippen molar-refractivity contribution in [1.29, 1.82) is 0 Å². The lowest BCUT2D eigenvalue weighted by atomic mass is 10.2. The fourth-order valence-corrected chi connectivity index (χ4v) is 2.67. The highest BCUT2D eigenvalue weighted by Gasteiger charge is 2.16. The van der Waals surface area contributed by atoms with Crippen LogP contribution in [0.1, 0.15) is 11.1 Å². The Hall–Kier alpha value is -1.92. The van der Waals surface area contributed by atoms with E-state index in [1.165, 1.54) is 18.5 Å². The van der Waals surface area contributed by atoms with Gasteiger partial charge >= 0.3 is 0 Å². The number of nitrogen functional groups attached to an aromatic ring is 1. The first kappa shape index (κ1) is 13.5. The van der Waals surface area contributed by atoms with Gasteiger partial charge in [0.2, 0.25) is 10.0 Å². The number of nitrogens with one attached hydrogen (secondary N) is 1. The molecule has 0 saturated heterocycles. The zero-order chi connectivity index (χ0) is 13.9. The number of hydrogen-bond donors (Lipinski definition) is 2. The van der Waals surface area contributed by atoms with Gasteiger partial charge in [0.05, 0.1) is 5.69 Å². The molecule has 1 heterocycles. The highest BCUT2D eigenvalue weighted by atomic mass is 32.2. The second-order valence-corrected chi connectivity index (χ2v) is 5.96. The Kier molecular flexibility index (Phi) is 3.82. The summed E-state index contributed by atoms with van der Waals surface area (Å²) in [6.07, 6.45) is 2.70. The van der Waals surface area contributed by atoms with Gasteiger partial charge in [0.25, 0.3) is 0 Å². The van der Waals surface area contributed by atoms with Crippen LogP contribution >= 0.6 is 0 Å². The molecule has 1 aromatic heterocycles. The topological polar surface area (TPSA) is 85.1 Å². The van der Waals surface area contributed by atoms with E-state index in [4.69, 9.17) is 5.73 Å². The smallest absolute Gasteiger partial charge is 0.244 e. The van der Waals surface area contributed by atoms with Crippen molar-refractivity contribution in [3.8, 4) is 0 Å².